The zero-order valence-corrected chi connectivity index (χ0v) is 11.3. The standard InChI is InChI=1S/C14H22N2O2/c1-14(2,18)11-16(3)10-9-13(17)15-12-7-5-4-6-8-12/h4-8,18H,9-11H2,1-3H3,(H,15,17). The number of rotatable bonds is 6. The summed E-state index contributed by atoms with van der Waals surface area (Å²) in [6, 6.07) is 9.40. The Morgan fingerprint density at radius 3 is 2.50 bits per heavy atom. The van der Waals surface area contributed by atoms with Crippen molar-refractivity contribution in [3.05, 3.63) is 30.3 Å². The van der Waals surface area contributed by atoms with Crippen molar-refractivity contribution in [1.82, 2.24) is 4.90 Å². The molecule has 1 rings (SSSR count). The molecular formula is C14H22N2O2. The average molecular weight is 250 g/mol. The molecule has 0 radical (unpaired) electrons. The molecule has 0 bridgehead atoms. The highest BCUT2D eigenvalue weighted by Gasteiger charge is 2.15. The van der Waals surface area contributed by atoms with Crippen LogP contribution in [0.3, 0.4) is 0 Å². The minimum atomic E-state index is -0.731. The molecule has 0 heterocycles. The molecule has 0 fully saturated rings. The van der Waals surface area contributed by atoms with Gasteiger partial charge in [0.25, 0.3) is 0 Å². The highest BCUT2D eigenvalue weighted by atomic mass is 16.3. The number of nitrogens with zero attached hydrogens (tertiary/aromatic N) is 1. The van der Waals surface area contributed by atoms with Crippen molar-refractivity contribution in [2.24, 2.45) is 0 Å². The Hall–Kier alpha value is -1.39. The lowest BCUT2D eigenvalue weighted by Crippen LogP contribution is -2.37. The molecule has 0 unspecified atom stereocenters. The van der Waals surface area contributed by atoms with Gasteiger partial charge in [-0.3, -0.25) is 4.79 Å². The van der Waals surface area contributed by atoms with Crippen LogP contribution in [0.4, 0.5) is 5.69 Å². The van der Waals surface area contributed by atoms with Crippen LogP contribution in [-0.4, -0.2) is 41.7 Å². The van der Waals surface area contributed by atoms with Gasteiger partial charge in [0.2, 0.25) is 5.91 Å². The van der Waals surface area contributed by atoms with Crippen LogP contribution in [0.5, 0.6) is 0 Å². The summed E-state index contributed by atoms with van der Waals surface area (Å²) in [6.45, 7) is 4.69. The van der Waals surface area contributed by atoms with Gasteiger partial charge in [0.05, 0.1) is 5.60 Å². The molecule has 1 aromatic carbocycles. The van der Waals surface area contributed by atoms with Crippen molar-refractivity contribution in [2.75, 3.05) is 25.5 Å². The van der Waals surface area contributed by atoms with E-state index in [1.54, 1.807) is 13.8 Å². The molecule has 1 amide bonds. The van der Waals surface area contributed by atoms with Crippen LogP contribution in [0.25, 0.3) is 0 Å². The minimum absolute atomic E-state index is 0.0104. The van der Waals surface area contributed by atoms with Crippen molar-refractivity contribution in [2.45, 2.75) is 25.9 Å². The van der Waals surface area contributed by atoms with E-state index in [4.69, 9.17) is 0 Å². The van der Waals surface area contributed by atoms with Crippen LogP contribution in [0.15, 0.2) is 30.3 Å². The smallest absolute Gasteiger partial charge is 0.225 e. The Bertz CT molecular complexity index is 371. The van der Waals surface area contributed by atoms with Crippen molar-refractivity contribution >= 4 is 11.6 Å². The van der Waals surface area contributed by atoms with Gasteiger partial charge in [-0.25, -0.2) is 0 Å². The first-order valence-electron chi connectivity index (χ1n) is 6.13. The number of hydrogen-bond donors (Lipinski definition) is 2. The van der Waals surface area contributed by atoms with Crippen LogP contribution in [-0.2, 0) is 4.79 Å². The van der Waals surface area contributed by atoms with E-state index >= 15 is 0 Å². The lowest BCUT2D eigenvalue weighted by atomic mass is 10.1. The second-order valence-corrected chi connectivity index (χ2v) is 5.21. The molecule has 2 N–H and O–H groups in total. The summed E-state index contributed by atoms with van der Waals surface area (Å²) >= 11 is 0. The number of aliphatic hydroxyl groups is 1. The summed E-state index contributed by atoms with van der Waals surface area (Å²) in [5, 5.41) is 12.5. The maximum absolute atomic E-state index is 11.7. The van der Waals surface area contributed by atoms with E-state index in [1.807, 2.05) is 42.3 Å². The summed E-state index contributed by atoms with van der Waals surface area (Å²) in [5.74, 6) is -0.0104. The molecule has 0 atom stereocenters. The molecule has 100 valence electrons. The van der Waals surface area contributed by atoms with Crippen molar-refractivity contribution in [3.8, 4) is 0 Å². The second-order valence-electron chi connectivity index (χ2n) is 5.21. The third kappa shape index (κ3) is 6.37. The molecule has 0 aliphatic rings. The molecule has 4 heteroatoms. The zero-order valence-electron chi connectivity index (χ0n) is 11.3. The highest BCUT2D eigenvalue weighted by Crippen LogP contribution is 2.06. The van der Waals surface area contributed by atoms with Crippen molar-refractivity contribution in [3.63, 3.8) is 0 Å². The third-order valence-corrected chi connectivity index (χ3v) is 2.43. The first-order valence-corrected chi connectivity index (χ1v) is 6.13. The number of anilines is 1. The van der Waals surface area contributed by atoms with Crippen LogP contribution < -0.4 is 5.32 Å². The molecular weight excluding hydrogens is 228 g/mol. The predicted molar refractivity (Wildman–Crippen MR) is 73.5 cm³/mol. The number of carbonyl (C=O) groups excluding carboxylic acids is 1. The fourth-order valence-corrected chi connectivity index (χ4v) is 1.78. The molecule has 0 saturated carbocycles. The molecule has 0 aliphatic heterocycles. The quantitative estimate of drug-likeness (QED) is 0.808. The lowest BCUT2D eigenvalue weighted by molar-refractivity contribution is -0.116. The monoisotopic (exact) mass is 250 g/mol. The van der Waals surface area contributed by atoms with Crippen LogP contribution in [0, 0.1) is 0 Å². The van der Waals surface area contributed by atoms with Crippen LogP contribution in [0.2, 0.25) is 0 Å². The molecule has 0 saturated heterocycles. The first-order chi connectivity index (χ1) is 8.37. The Morgan fingerprint density at radius 2 is 1.94 bits per heavy atom. The number of amides is 1. The summed E-state index contributed by atoms with van der Waals surface area (Å²) in [7, 11) is 1.90. The number of para-hydroxylation sites is 1. The van der Waals surface area contributed by atoms with E-state index in [2.05, 4.69) is 5.32 Å². The Balaban J connectivity index is 2.29. The lowest BCUT2D eigenvalue weighted by Gasteiger charge is -2.25. The number of hydrogen-bond acceptors (Lipinski definition) is 3. The topological polar surface area (TPSA) is 52.6 Å². The maximum Gasteiger partial charge on any atom is 0.225 e. The van der Waals surface area contributed by atoms with E-state index in [0.29, 0.717) is 19.5 Å². The van der Waals surface area contributed by atoms with E-state index in [0.717, 1.165) is 5.69 Å². The fraction of sp³-hybridized carbons (Fsp3) is 0.500. The third-order valence-electron chi connectivity index (χ3n) is 2.43. The molecule has 18 heavy (non-hydrogen) atoms. The van der Waals surface area contributed by atoms with E-state index in [1.165, 1.54) is 0 Å². The average Bonchev–Trinajstić information content (AvgIpc) is 2.25. The molecule has 0 spiro atoms. The zero-order chi connectivity index (χ0) is 13.6. The van der Waals surface area contributed by atoms with Gasteiger partial charge in [0.1, 0.15) is 0 Å². The highest BCUT2D eigenvalue weighted by molar-refractivity contribution is 5.90. The molecule has 0 aliphatic carbocycles. The molecule has 0 aromatic heterocycles. The SMILES string of the molecule is CN(CCC(=O)Nc1ccccc1)CC(C)(C)O. The van der Waals surface area contributed by atoms with Gasteiger partial charge in [-0.05, 0) is 33.0 Å². The summed E-state index contributed by atoms with van der Waals surface area (Å²) in [6.07, 6.45) is 0.418. The van der Waals surface area contributed by atoms with Crippen molar-refractivity contribution < 1.29 is 9.90 Å². The summed E-state index contributed by atoms with van der Waals surface area (Å²) in [4.78, 5) is 13.6. The number of likely N-dealkylation sites (N-methyl/N-ethyl adjacent to an activating group) is 1. The summed E-state index contributed by atoms with van der Waals surface area (Å²) < 4.78 is 0. The first kappa shape index (κ1) is 14.7. The minimum Gasteiger partial charge on any atom is -0.389 e. The van der Waals surface area contributed by atoms with Gasteiger partial charge in [-0.1, -0.05) is 18.2 Å². The normalized spacial score (nSPS) is 11.6. The molecule has 1 aromatic rings. The maximum atomic E-state index is 11.7. The number of nitrogens with one attached hydrogen (secondary N) is 1. The Morgan fingerprint density at radius 1 is 1.33 bits per heavy atom. The van der Waals surface area contributed by atoms with Gasteiger partial charge in [-0.15, -0.1) is 0 Å². The van der Waals surface area contributed by atoms with Crippen molar-refractivity contribution in [1.29, 1.82) is 0 Å². The van der Waals surface area contributed by atoms with E-state index in [9.17, 15) is 9.90 Å². The fourth-order valence-electron chi connectivity index (χ4n) is 1.78. The van der Waals surface area contributed by atoms with Crippen LogP contribution in [0.1, 0.15) is 20.3 Å². The Labute approximate surface area is 109 Å². The van der Waals surface area contributed by atoms with E-state index in [-0.39, 0.29) is 5.91 Å². The predicted octanol–water partition coefficient (Wildman–Crippen LogP) is 1.72. The van der Waals surface area contributed by atoms with Gasteiger partial charge in [-0.2, -0.15) is 0 Å². The van der Waals surface area contributed by atoms with Gasteiger partial charge in [0.15, 0.2) is 0 Å². The van der Waals surface area contributed by atoms with Gasteiger partial charge in [0, 0.05) is 25.2 Å². The van der Waals surface area contributed by atoms with Gasteiger partial charge < -0.3 is 15.3 Å². The van der Waals surface area contributed by atoms with Gasteiger partial charge >= 0.3 is 0 Å². The number of carbonyl (C=O) groups is 1. The van der Waals surface area contributed by atoms with E-state index < -0.39 is 5.60 Å². The number of benzene rings is 1. The van der Waals surface area contributed by atoms with Crippen LogP contribution >= 0.6 is 0 Å². The largest absolute Gasteiger partial charge is 0.389 e. The Kier molecular flexibility index (Phi) is 5.31. The second kappa shape index (κ2) is 6.52. The summed E-state index contributed by atoms with van der Waals surface area (Å²) in [5.41, 5.74) is 0.0811. The molecule has 4 nitrogen and oxygen atoms in total.